The quantitative estimate of drug-likeness (QED) is 0.737. The Morgan fingerprint density at radius 3 is 2.37 bits per heavy atom. The zero-order valence-electron chi connectivity index (χ0n) is 9.76. The molecule has 2 rings (SSSR count). The zero-order chi connectivity index (χ0) is 13.7. The second-order valence-electron chi connectivity index (χ2n) is 3.70. The molecule has 0 saturated heterocycles. The van der Waals surface area contributed by atoms with Crippen LogP contribution in [0.4, 0.5) is 18.9 Å². The van der Waals surface area contributed by atoms with Crippen LogP contribution in [0.15, 0.2) is 58.1 Å². The van der Waals surface area contributed by atoms with Crippen LogP contribution in [0.2, 0.25) is 0 Å². The Balaban J connectivity index is 2.00. The molecule has 0 aliphatic carbocycles. The second kappa shape index (κ2) is 5.56. The third kappa shape index (κ3) is 3.84. The highest BCUT2D eigenvalue weighted by Crippen LogP contribution is 2.30. The third-order valence-corrected chi connectivity index (χ3v) is 2.31. The van der Waals surface area contributed by atoms with E-state index in [2.05, 4.69) is 4.99 Å². The van der Waals surface area contributed by atoms with Crippen molar-refractivity contribution in [3.63, 3.8) is 0 Å². The van der Waals surface area contributed by atoms with Crippen LogP contribution < -0.4 is 0 Å². The van der Waals surface area contributed by atoms with Crippen LogP contribution in [-0.4, -0.2) is 6.21 Å². The van der Waals surface area contributed by atoms with Crippen LogP contribution in [0, 0.1) is 0 Å². The molecule has 0 fully saturated rings. The fraction of sp³-hybridized carbons (Fsp3) is 0.0714. The van der Waals surface area contributed by atoms with E-state index in [9.17, 15) is 13.2 Å². The molecule has 0 amide bonds. The lowest BCUT2D eigenvalue weighted by atomic mass is 10.2. The normalized spacial score (nSPS) is 12.6. The lowest BCUT2D eigenvalue weighted by molar-refractivity contribution is -0.137. The first-order valence-electron chi connectivity index (χ1n) is 5.47. The molecule has 2 aromatic rings. The van der Waals surface area contributed by atoms with E-state index in [4.69, 9.17) is 4.42 Å². The molecule has 0 unspecified atom stereocenters. The molecule has 0 aliphatic rings. The molecule has 2 nitrogen and oxygen atoms in total. The predicted octanol–water partition coefficient (Wildman–Crippen LogP) is 4.71. The van der Waals surface area contributed by atoms with Crippen molar-refractivity contribution in [3.8, 4) is 0 Å². The van der Waals surface area contributed by atoms with Gasteiger partial charge < -0.3 is 4.42 Å². The van der Waals surface area contributed by atoms with Crippen molar-refractivity contribution in [2.45, 2.75) is 6.18 Å². The van der Waals surface area contributed by atoms with E-state index in [1.54, 1.807) is 30.5 Å². The Labute approximate surface area is 107 Å². The molecule has 1 aromatic heterocycles. The van der Waals surface area contributed by atoms with Gasteiger partial charge in [-0.05, 0) is 48.6 Å². The van der Waals surface area contributed by atoms with E-state index in [-0.39, 0.29) is 0 Å². The molecule has 19 heavy (non-hydrogen) atoms. The van der Waals surface area contributed by atoms with Gasteiger partial charge in [0.05, 0.1) is 17.5 Å². The number of allylic oxidation sites excluding steroid dienone is 1. The van der Waals surface area contributed by atoms with Gasteiger partial charge >= 0.3 is 6.18 Å². The minimum Gasteiger partial charge on any atom is -0.465 e. The Hall–Kier alpha value is -2.30. The topological polar surface area (TPSA) is 25.5 Å². The minimum atomic E-state index is -4.32. The molecule has 5 heteroatoms. The largest absolute Gasteiger partial charge is 0.465 e. The predicted molar refractivity (Wildman–Crippen MR) is 67.3 cm³/mol. The summed E-state index contributed by atoms with van der Waals surface area (Å²) in [7, 11) is 0. The average molecular weight is 265 g/mol. The molecule has 0 bridgehead atoms. The monoisotopic (exact) mass is 265 g/mol. The maximum atomic E-state index is 12.3. The minimum absolute atomic E-state index is 0.456. The Morgan fingerprint density at radius 2 is 1.79 bits per heavy atom. The number of halogens is 3. The molecule has 0 radical (unpaired) electrons. The standard InChI is InChI=1S/C14H10F3NO/c15-14(16,17)11-5-7-12(8-6-11)18-9-1-3-13-4-2-10-19-13/h1-10H. The Kier molecular flexibility index (Phi) is 3.85. The van der Waals surface area contributed by atoms with Gasteiger partial charge in [0.25, 0.3) is 0 Å². The highest BCUT2D eigenvalue weighted by Gasteiger charge is 2.29. The molecule has 0 saturated carbocycles. The number of alkyl halides is 3. The van der Waals surface area contributed by atoms with Gasteiger partial charge in [-0.3, -0.25) is 4.99 Å². The first-order chi connectivity index (χ1) is 9.05. The summed E-state index contributed by atoms with van der Waals surface area (Å²) in [5.41, 5.74) is -0.227. The van der Waals surface area contributed by atoms with Crippen LogP contribution in [0.25, 0.3) is 6.08 Å². The molecular formula is C14H10F3NO. The highest BCUT2D eigenvalue weighted by atomic mass is 19.4. The fourth-order valence-electron chi connectivity index (χ4n) is 1.39. The average Bonchev–Trinajstić information content (AvgIpc) is 2.87. The summed E-state index contributed by atoms with van der Waals surface area (Å²) < 4.78 is 42.0. The van der Waals surface area contributed by atoms with Crippen LogP contribution >= 0.6 is 0 Å². The van der Waals surface area contributed by atoms with Gasteiger partial charge in [0.1, 0.15) is 5.76 Å². The molecule has 0 N–H and O–H groups in total. The van der Waals surface area contributed by atoms with Crippen LogP contribution in [0.1, 0.15) is 11.3 Å². The summed E-state index contributed by atoms with van der Waals surface area (Å²) in [6.07, 6.45) is 2.07. The molecule has 0 aliphatic heterocycles. The molecule has 1 heterocycles. The van der Waals surface area contributed by atoms with Crippen molar-refractivity contribution in [2.24, 2.45) is 4.99 Å². The summed E-state index contributed by atoms with van der Waals surface area (Å²) in [6.45, 7) is 0. The smallest absolute Gasteiger partial charge is 0.416 e. The Morgan fingerprint density at radius 1 is 1.05 bits per heavy atom. The summed E-state index contributed by atoms with van der Waals surface area (Å²) >= 11 is 0. The van der Waals surface area contributed by atoms with E-state index >= 15 is 0 Å². The zero-order valence-corrected chi connectivity index (χ0v) is 9.76. The number of aliphatic imine (C=N–C) groups is 1. The van der Waals surface area contributed by atoms with Gasteiger partial charge in [-0.2, -0.15) is 13.2 Å². The van der Waals surface area contributed by atoms with Crippen LogP contribution in [0.5, 0.6) is 0 Å². The lowest BCUT2D eigenvalue weighted by Gasteiger charge is -2.05. The van der Waals surface area contributed by atoms with Gasteiger partial charge in [-0.15, -0.1) is 0 Å². The maximum Gasteiger partial charge on any atom is 0.416 e. The number of hydrogen-bond acceptors (Lipinski definition) is 2. The van der Waals surface area contributed by atoms with Crippen molar-refractivity contribution in [3.05, 3.63) is 60.1 Å². The summed E-state index contributed by atoms with van der Waals surface area (Å²) in [5, 5.41) is 0. The molecule has 0 atom stereocenters. The van der Waals surface area contributed by atoms with Crippen molar-refractivity contribution < 1.29 is 17.6 Å². The first-order valence-corrected chi connectivity index (χ1v) is 5.47. The van der Waals surface area contributed by atoms with Crippen molar-refractivity contribution in [1.82, 2.24) is 0 Å². The summed E-state index contributed by atoms with van der Waals surface area (Å²) in [4.78, 5) is 4.01. The van der Waals surface area contributed by atoms with E-state index in [0.717, 1.165) is 12.1 Å². The van der Waals surface area contributed by atoms with Gasteiger partial charge in [-0.25, -0.2) is 0 Å². The molecule has 98 valence electrons. The van der Waals surface area contributed by atoms with E-state index in [0.29, 0.717) is 11.4 Å². The van der Waals surface area contributed by atoms with Crippen LogP contribution in [-0.2, 0) is 6.18 Å². The van der Waals surface area contributed by atoms with Crippen molar-refractivity contribution in [2.75, 3.05) is 0 Å². The SMILES string of the molecule is FC(F)(F)c1ccc(N=CC=Cc2ccco2)cc1. The molecule has 0 spiro atoms. The van der Waals surface area contributed by atoms with Gasteiger partial charge in [0.15, 0.2) is 0 Å². The van der Waals surface area contributed by atoms with Gasteiger partial charge in [0.2, 0.25) is 0 Å². The lowest BCUT2D eigenvalue weighted by Crippen LogP contribution is -2.03. The van der Waals surface area contributed by atoms with Gasteiger partial charge in [0, 0.05) is 6.21 Å². The first kappa shape index (κ1) is 13.1. The number of rotatable bonds is 3. The second-order valence-corrected chi connectivity index (χ2v) is 3.70. The maximum absolute atomic E-state index is 12.3. The van der Waals surface area contributed by atoms with Gasteiger partial charge in [-0.1, -0.05) is 0 Å². The number of nitrogens with zero attached hydrogens (tertiary/aromatic N) is 1. The molecule has 1 aromatic carbocycles. The number of furan rings is 1. The number of benzene rings is 1. The van der Waals surface area contributed by atoms with E-state index < -0.39 is 11.7 Å². The van der Waals surface area contributed by atoms with E-state index in [1.807, 2.05) is 0 Å². The highest BCUT2D eigenvalue weighted by molar-refractivity contribution is 5.79. The summed E-state index contributed by atoms with van der Waals surface area (Å²) in [5.74, 6) is 0.680. The Bertz CT molecular complexity index is 566. The van der Waals surface area contributed by atoms with Crippen molar-refractivity contribution >= 4 is 18.0 Å². The van der Waals surface area contributed by atoms with Crippen LogP contribution in [0.3, 0.4) is 0 Å². The number of hydrogen-bond donors (Lipinski definition) is 0. The summed E-state index contributed by atoms with van der Waals surface area (Å²) in [6, 6.07) is 8.18. The van der Waals surface area contributed by atoms with Crippen molar-refractivity contribution in [1.29, 1.82) is 0 Å². The third-order valence-electron chi connectivity index (χ3n) is 2.31. The van der Waals surface area contributed by atoms with E-state index in [1.165, 1.54) is 18.3 Å². The fourth-order valence-corrected chi connectivity index (χ4v) is 1.39. The molecular weight excluding hydrogens is 255 g/mol.